The van der Waals surface area contributed by atoms with Crippen molar-refractivity contribution in [2.24, 2.45) is 7.05 Å². The van der Waals surface area contributed by atoms with Crippen molar-refractivity contribution in [3.8, 4) is 10.6 Å². The highest BCUT2D eigenvalue weighted by Crippen LogP contribution is 2.23. The second-order valence-electron chi connectivity index (χ2n) is 6.54. The van der Waals surface area contributed by atoms with Crippen molar-refractivity contribution in [3.63, 3.8) is 0 Å². The van der Waals surface area contributed by atoms with Crippen LogP contribution in [0.3, 0.4) is 0 Å². The number of carbonyl (C=O) groups excluding carboxylic acids is 1. The molecule has 2 heterocycles. The maximum atomic E-state index is 12.5. The fraction of sp³-hybridized carbons (Fsp3) is 0.316. The molecule has 1 atom stereocenters. The highest BCUT2D eigenvalue weighted by molar-refractivity contribution is 7.13. The molecule has 0 fully saturated rings. The van der Waals surface area contributed by atoms with Crippen molar-refractivity contribution in [3.05, 3.63) is 58.9 Å². The van der Waals surface area contributed by atoms with Crippen LogP contribution in [-0.2, 0) is 7.05 Å². The maximum Gasteiger partial charge on any atom is 0.270 e. The van der Waals surface area contributed by atoms with Crippen LogP contribution in [0, 0.1) is 6.92 Å². The number of nitrogens with one attached hydrogen (secondary N) is 1. The molecule has 0 bridgehead atoms. The van der Waals surface area contributed by atoms with E-state index < -0.39 is 0 Å². The van der Waals surface area contributed by atoms with Crippen LogP contribution >= 0.6 is 11.3 Å². The van der Waals surface area contributed by atoms with Crippen molar-refractivity contribution in [1.29, 1.82) is 0 Å². The minimum Gasteiger partial charge on any atom is -0.349 e. The van der Waals surface area contributed by atoms with Crippen LogP contribution in [0.25, 0.3) is 10.6 Å². The lowest BCUT2D eigenvalue weighted by Gasteiger charge is -2.25. The molecule has 1 aromatic carbocycles. The first-order valence-corrected chi connectivity index (χ1v) is 9.27. The Bertz CT molecular complexity index is 881. The monoisotopic (exact) mass is 369 g/mol. The molecule has 0 aliphatic carbocycles. The SMILES string of the molecule is Cc1ccc(C(CNC(=O)c2csc(-c3cnn(C)c3)n2)N(C)C)cc1. The summed E-state index contributed by atoms with van der Waals surface area (Å²) in [6, 6.07) is 8.50. The molecule has 0 aliphatic heterocycles. The third-order valence-electron chi connectivity index (χ3n) is 4.23. The van der Waals surface area contributed by atoms with E-state index in [9.17, 15) is 4.79 Å². The van der Waals surface area contributed by atoms with Crippen LogP contribution < -0.4 is 5.32 Å². The van der Waals surface area contributed by atoms with Crippen LogP contribution in [-0.4, -0.2) is 46.2 Å². The van der Waals surface area contributed by atoms with E-state index in [2.05, 4.69) is 51.5 Å². The minimum absolute atomic E-state index is 0.107. The van der Waals surface area contributed by atoms with Gasteiger partial charge in [-0.3, -0.25) is 9.48 Å². The number of amides is 1. The van der Waals surface area contributed by atoms with Gasteiger partial charge in [0.1, 0.15) is 10.7 Å². The molecule has 3 rings (SSSR count). The quantitative estimate of drug-likeness (QED) is 0.726. The molecule has 2 aromatic heterocycles. The van der Waals surface area contributed by atoms with Gasteiger partial charge in [-0.25, -0.2) is 4.98 Å². The van der Waals surface area contributed by atoms with E-state index in [0.717, 1.165) is 10.6 Å². The zero-order valence-corrected chi connectivity index (χ0v) is 16.2. The predicted octanol–water partition coefficient (Wildman–Crippen LogP) is 2.88. The molecule has 7 heteroatoms. The molecular formula is C19H23N5OS. The van der Waals surface area contributed by atoms with Crippen LogP contribution in [0.15, 0.2) is 42.0 Å². The summed E-state index contributed by atoms with van der Waals surface area (Å²) < 4.78 is 1.72. The molecule has 6 nitrogen and oxygen atoms in total. The number of carbonyl (C=O) groups is 1. The first-order chi connectivity index (χ1) is 12.4. The lowest BCUT2D eigenvalue weighted by atomic mass is 10.0. The molecule has 26 heavy (non-hydrogen) atoms. The largest absolute Gasteiger partial charge is 0.349 e. The summed E-state index contributed by atoms with van der Waals surface area (Å²) in [6.45, 7) is 2.59. The smallest absolute Gasteiger partial charge is 0.270 e. The average Bonchev–Trinajstić information content (AvgIpc) is 3.25. The first-order valence-electron chi connectivity index (χ1n) is 8.40. The van der Waals surface area contributed by atoms with Crippen LogP contribution in [0.4, 0.5) is 0 Å². The summed E-state index contributed by atoms with van der Waals surface area (Å²) in [4.78, 5) is 19.0. The summed E-state index contributed by atoms with van der Waals surface area (Å²) in [5.74, 6) is -0.157. The van der Waals surface area contributed by atoms with Crippen LogP contribution in [0.5, 0.6) is 0 Å². The molecule has 0 saturated heterocycles. The van der Waals surface area contributed by atoms with Crippen molar-refractivity contribution in [2.45, 2.75) is 13.0 Å². The maximum absolute atomic E-state index is 12.5. The van der Waals surface area contributed by atoms with Crippen LogP contribution in [0.2, 0.25) is 0 Å². The molecule has 3 aromatic rings. The number of aromatic nitrogens is 3. The Morgan fingerprint density at radius 2 is 2.04 bits per heavy atom. The van der Waals surface area contributed by atoms with Gasteiger partial charge in [-0.05, 0) is 26.6 Å². The summed E-state index contributed by atoms with van der Waals surface area (Å²) in [5.41, 5.74) is 3.76. The van der Waals surface area contributed by atoms with Gasteiger partial charge in [0.15, 0.2) is 0 Å². The molecule has 1 unspecified atom stereocenters. The highest BCUT2D eigenvalue weighted by atomic mass is 32.1. The minimum atomic E-state index is -0.157. The van der Waals surface area contributed by atoms with Crippen molar-refractivity contribution in [1.82, 2.24) is 25.0 Å². The predicted molar refractivity (Wildman–Crippen MR) is 104 cm³/mol. The number of rotatable bonds is 6. The number of hydrogen-bond acceptors (Lipinski definition) is 5. The molecule has 0 saturated carbocycles. The molecular weight excluding hydrogens is 346 g/mol. The van der Waals surface area contributed by atoms with Gasteiger partial charge in [0.2, 0.25) is 0 Å². The lowest BCUT2D eigenvalue weighted by molar-refractivity contribution is 0.0937. The lowest BCUT2D eigenvalue weighted by Crippen LogP contribution is -2.34. The third-order valence-corrected chi connectivity index (χ3v) is 5.12. The average molecular weight is 369 g/mol. The van der Waals surface area contributed by atoms with E-state index >= 15 is 0 Å². The van der Waals surface area contributed by atoms with Gasteiger partial charge >= 0.3 is 0 Å². The summed E-state index contributed by atoms with van der Waals surface area (Å²) in [5, 5.41) is 9.73. The Morgan fingerprint density at radius 3 is 2.65 bits per heavy atom. The summed E-state index contributed by atoms with van der Waals surface area (Å²) in [6.07, 6.45) is 3.64. The van der Waals surface area contributed by atoms with Gasteiger partial charge in [-0.15, -0.1) is 11.3 Å². The van der Waals surface area contributed by atoms with E-state index in [1.807, 2.05) is 27.3 Å². The standard InChI is InChI=1S/C19H23N5OS/c1-13-5-7-14(8-6-13)17(23(2)3)10-20-18(25)16-12-26-19(22-16)15-9-21-24(4)11-15/h5-9,11-12,17H,10H2,1-4H3,(H,20,25). The Labute approximate surface area is 157 Å². The van der Waals surface area contributed by atoms with Crippen molar-refractivity contribution in [2.75, 3.05) is 20.6 Å². The van der Waals surface area contributed by atoms with Gasteiger partial charge in [0.05, 0.1) is 12.2 Å². The van der Waals surface area contributed by atoms with E-state index in [1.165, 1.54) is 22.5 Å². The van der Waals surface area contributed by atoms with E-state index in [4.69, 9.17) is 0 Å². The van der Waals surface area contributed by atoms with E-state index in [1.54, 1.807) is 16.3 Å². The molecule has 1 amide bonds. The zero-order valence-electron chi connectivity index (χ0n) is 15.4. The van der Waals surface area contributed by atoms with Crippen molar-refractivity contribution < 1.29 is 4.79 Å². The number of aryl methyl sites for hydroxylation is 2. The molecule has 0 spiro atoms. The van der Waals surface area contributed by atoms with Gasteiger partial charge < -0.3 is 10.2 Å². The first kappa shape index (κ1) is 18.3. The summed E-state index contributed by atoms with van der Waals surface area (Å²) >= 11 is 1.45. The molecule has 1 N–H and O–H groups in total. The van der Waals surface area contributed by atoms with Gasteiger partial charge in [0, 0.05) is 30.7 Å². The number of hydrogen-bond donors (Lipinski definition) is 1. The van der Waals surface area contributed by atoms with Gasteiger partial charge in [-0.1, -0.05) is 29.8 Å². The fourth-order valence-corrected chi connectivity index (χ4v) is 3.48. The normalized spacial score (nSPS) is 12.3. The Morgan fingerprint density at radius 1 is 1.31 bits per heavy atom. The Hall–Kier alpha value is -2.51. The molecule has 0 aliphatic rings. The third kappa shape index (κ3) is 4.17. The summed E-state index contributed by atoms with van der Waals surface area (Å²) in [7, 11) is 5.89. The Kier molecular flexibility index (Phi) is 5.49. The highest BCUT2D eigenvalue weighted by Gasteiger charge is 2.17. The van der Waals surface area contributed by atoms with Crippen molar-refractivity contribution >= 4 is 17.2 Å². The topological polar surface area (TPSA) is 63.1 Å². The molecule has 0 radical (unpaired) electrons. The number of thiazole rings is 1. The Balaban J connectivity index is 1.67. The van der Waals surface area contributed by atoms with Gasteiger partial charge in [-0.2, -0.15) is 5.10 Å². The van der Waals surface area contributed by atoms with Gasteiger partial charge in [0.25, 0.3) is 5.91 Å². The second-order valence-corrected chi connectivity index (χ2v) is 7.40. The second kappa shape index (κ2) is 7.80. The van der Waals surface area contributed by atoms with Crippen LogP contribution in [0.1, 0.15) is 27.7 Å². The van der Waals surface area contributed by atoms with E-state index in [0.29, 0.717) is 12.2 Å². The zero-order chi connectivity index (χ0) is 18.7. The van der Waals surface area contributed by atoms with E-state index in [-0.39, 0.29) is 11.9 Å². The number of likely N-dealkylation sites (N-methyl/N-ethyl adjacent to an activating group) is 1. The number of benzene rings is 1. The fourth-order valence-electron chi connectivity index (χ4n) is 2.71. The molecule has 136 valence electrons. The number of nitrogens with zero attached hydrogens (tertiary/aromatic N) is 4.